The van der Waals surface area contributed by atoms with Gasteiger partial charge < -0.3 is 10.2 Å². The summed E-state index contributed by atoms with van der Waals surface area (Å²) in [4.78, 5) is 29.0. The predicted molar refractivity (Wildman–Crippen MR) is 95.2 cm³/mol. The maximum absolute atomic E-state index is 12.2. The molecule has 0 bridgehead atoms. The van der Waals surface area contributed by atoms with E-state index in [0.717, 1.165) is 34.6 Å². The number of rotatable bonds is 5. The number of thiophene rings is 1. The average Bonchev–Trinajstić information content (AvgIpc) is 3.24. The lowest BCUT2D eigenvalue weighted by Gasteiger charge is -2.33. The van der Waals surface area contributed by atoms with Crippen molar-refractivity contribution in [1.29, 1.82) is 0 Å². The van der Waals surface area contributed by atoms with E-state index in [9.17, 15) is 9.59 Å². The van der Waals surface area contributed by atoms with Crippen LogP contribution in [0.1, 0.15) is 17.7 Å². The monoisotopic (exact) mass is 397 g/mol. The second-order valence-corrected chi connectivity index (χ2v) is 8.41. The molecule has 0 unspecified atom stereocenters. The van der Waals surface area contributed by atoms with Crippen LogP contribution in [0.15, 0.2) is 22.0 Å². The molecule has 1 saturated heterocycles. The van der Waals surface area contributed by atoms with Gasteiger partial charge in [-0.15, -0.1) is 11.3 Å². The molecule has 1 aromatic rings. The van der Waals surface area contributed by atoms with Crippen LogP contribution in [-0.4, -0.2) is 60.4 Å². The number of amides is 2. The molecule has 1 aliphatic carbocycles. The smallest absolute Gasteiger partial charge is 0.246 e. The van der Waals surface area contributed by atoms with Crippen molar-refractivity contribution >= 4 is 45.2 Å². The molecule has 1 N–H and O–H groups in total. The van der Waals surface area contributed by atoms with Gasteiger partial charge in [-0.3, -0.25) is 14.5 Å². The summed E-state index contributed by atoms with van der Waals surface area (Å²) < 4.78 is 1.06. The summed E-state index contributed by atoms with van der Waals surface area (Å²) in [7, 11) is 0. The molecule has 124 valence electrons. The maximum atomic E-state index is 12.2. The lowest BCUT2D eigenvalue weighted by atomic mass is 10.3. The molecule has 5 nitrogen and oxygen atoms in total. The third-order valence-corrected chi connectivity index (χ3v) is 5.57. The van der Waals surface area contributed by atoms with Crippen molar-refractivity contribution in [1.82, 2.24) is 15.1 Å². The number of halogens is 1. The van der Waals surface area contributed by atoms with Gasteiger partial charge in [0.1, 0.15) is 0 Å². The Morgan fingerprint density at radius 3 is 2.61 bits per heavy atom. The Bertz CT molecular complexity index is 604. The fraction of sp³-hybridized carbons (Fsp3) is 0.500. The zero-order chi connectivity index (χ0) is 16.2. The molecule has 23 heavy (non-hydrogen) atoms. The Morgan fingerprint density at radius 1 is 1.26 bits per heavy atom. The third-order valence-electron chi connectivity index (χ3n) is 3.98. The molecule has 7 heteroatoms. The van der Waals surface area contributed by atoms with Crippen molar-refractivity contribution in [3.8, 4) is 0 Å². The summed E-state index contributed by atoms with van der Waals surface area (Å²) in [5, 5.41) is 3.00. The molecule has 2 amide bonds. The van der Waals surface area contributed by atoms with E-state index in [2.05, 4.69) is 26.1 Å². The Kier molecular flexibility index (Phi) is 5.50. The lowest BCUT2D eigenvalue weighted by molar-refractivity contribution is -0.128. The van der Waals surface area contributed by atoms with Crippen LogP contribution in [0, 0.1) is 0 Å². The van der Waals surface area contributed by atoms with Crippen LogP contribution in [0.4, 0.5) is 0 Å². The predicted octanol–water partition coefficient (Wildman–Crippen LogP) is 1.95. The number of carbonyl (C=O) groups excluding carboxylic acids is 2. The zero-order valence-electron chi connectivity index (χ0n) is 12.8. The van der Waals surface area contributed by atoms with Crippen LogP contribution in [0.25, 0.3) is 6.08 Å². The summed E-state index contributed by atoms with van der Waals surface area (Å²) in [6.07, 6.45) is 5.71. The van der Waals surface area contributed by atoms with Gasteiger partial charge in [-0.1, -0.05) is 0 Å². The van der Waals surface area contributed by atoms with Crippen molar-refractivity contribution < 1.29 is 9.59 Å². The second-order valence-electron chi connectivity index (χ2n) is 5.92. The highest BCUT2D eigenvalue weighted by molar-refractivity contribution is 9.11. The van der Waals surface area contributed by atoms with E-state index in [1.54, 1.807) is 17.4 Å². The minimum atomic E-state index is 0.0385. The lowest BCUT2D eigenvalue weighted by Crippen LogP contribution is -2.50. The highest BCUT2D eigenvalue weighted by Crippen LogP contribution is 2.23. The average molecular weight is 398 g/mol. The molecule has 2 heterocycles. The van der Waals surface area contributed by atoms with Gasteiger partial charge in [-0.25, -0.2) is 0 Å². The SMILES string of the molecule is O=C(CN1CCN(C(=O)/C=C/c2ccc(Br)s2)CC1)NC1CC1. The second kappa shape index (κ2) is 7.59. The molecule has 1 saturated carbocycles. The van der Waals surface area contributed by atoms with Crippen molar-refractivity contribution in [3.63, 3.8) is 0 Å². The quantitative estimate of drug-likeness (QED) is 0.772. The van der Waals surface area contributed by atoms with E-state index < -0.39 is 0 Å². The first-order valence-corrected chi connectivity index (χ1v) is 9.45. The number of hydrogen-bond acceptors (Lipinski definition) is 4. The Morgan fingerprint density at radius 2 is 2.00 bits per heavy atom. The molecule has 2 aliphatic rings. The van der Waals surface area contributed by atoms with Gasteiger partial charge in [0.15, 0.2) is 0 Å². The maximum Gasteiger partial charge on any atom is 0.246 e. The minimum absolute atomic E-state index is 0.0385. The minimum Gasteiger partial charge on any atom is -0.352 e. The van der Waals surface area contributed by atoms with Gasteiger partial charge in [0.25, 0.3) is 0 Å². The molecule has 1 aromatic heterocycles. The van der Waals surface area contributed by atoms with Crippen LogP contribution in [0.3, 0.4) is 0 Å². The van der Waals surface area contributed by atoms with E-state index in [-0.39, 0.29) is 11.8 Å². The summed E-state index contributed by atoms with van der Waals surface area (Å²) in [5.41, 5.74) is 0. The number of piperazine rings is 1. The Balaban J connectivity index is 1.41. The molecule has 0 atom stereocenters. The third kappa shape index (κ3) is 5.16. The van der Waals surface area contributed by atoms with Gasteiger partial charge in [-0.05, 0) is 47.0 Å². The number of nitrogens with zero attached hydrogens (tertiary/aromatic N) is 2. The molecule has 3 rings (SSSR count). The fourth-order valence-corrected chi connectivity index (χ4v) is 3.83. The molecule has 0 aromatic carbocycles. The molecular weight excluding hydrogens is 378 g/mol. The first-order chi connectivity index (χ1) is 11.1. The molecule has 0 radical (unpaired) electrons. The van der Waals surface area contributed by atoms with Crippen molar-refractivity contribution in [3.05, 3.63) is 26.9 Å². The first kappa shape index (κ1) is 16.7. The topological polar surface area (TPSA) is 52.7 Å². The van der Waals surface area contributed by atoms with Crippen molar-refractivity contribution in [2.45, 2.75) is 18.9 Å². The van der Waals surface area contributed by atoms with Gasteiger partial charge in [0.2, 0.25) is 11.8 Å². The summed E-state index contributed by atoms with van der Waals surface area (Å²) in [6.45, 7) is 3.30. The van der Waals surface area contributed by atoms with Crippen molar-refractivity contribution in [2.75, 3.05) is 32.7 Å². The number of nitrogens with one attached hydrogen (secondary N) is 1. The summed E-state index contributed by atoms with van der Waals surface area (Å²) in [5.74, 6) is 0.145. The van der Waals surface area contributed by atoms with Crippen LogP contribution in [0.5, 0.6) is 0 Å². The Hall–Kier alpha value is -1.18. The van der Waals surface area contributed by atoms with E-state index in [1.165, 1.54) is 0 Å². The van der Waals surface area contributed by atoms with E-state index >= 15 is 0 Å². The van der Waals surface area contributed by atoms with Crippen LogP contribution < -0.4 is 5.32 Å². The number of carbonyl (C=O) groups is 2. The van der Waals surface area contributed by atoms with Gasteiger partial charge in [0, 0.05) is 43.2 Å². The Labute approximate surface area is 148 Å². The largest absolute Gasteiger partial charge is 0.352 e. The van der Waals surface area contributed by atoms with Crippen LogP contribution in [0.2, 0.25) is 0 Å². The fourth-order valence-electron chi connectivity index (χ4n) is 2.51. The summed E-state index contributed by atoms with van der Waals surface area (Å²) >= 11 is 5.01. The van der Waals surface area contributed by atoms with E-state index in [4.69, 9.17) is 0 Å². The van der Waals surface area contributed by atoms with Crippen molar-refractivity contribution in [2.24, 2.45) is 0 Å². The highest BCUT2D eigenvalue weighted by atomic mass is 79.9. The number of hydrogen-bond donors (Lipinski definition) is 1. The molecule has 0 spiro atoms. The van der Waals surface area contributed by atoms with Gasteiger partial charge in [-0.2, -0.15) is 0 Å². The van der Waals surface area contributed by atoms with Gasteiger partial charge >= 0.3 is 0 Å². The van der Waals surface area contributed by atoms with Crippen LogP contribution >= 0.6 is 27.3 Å². The van der Waals surface area contributed by atoms with Crippen LogP contribution in [-0.2, 0) is 9.59 Å². The molecular formula is C16H20BrN3O2S. The van der Waals surface area contributed by atoms with Gasteiger partial charge in [0.05, 0.1) is 10.3 Å². The van der Waals surface area contributed by atoms with E-state index in [0.29, 0.717) is 25.7 Å². The summed E-state index contributed by atoms with van der Waals surface area (Å²) in [6, 6.07) is 4.36. The normalized spacial score (nSPS) is 19.3. The first-order valence-electron chi connectivity index (χ1n) is 7.84. The zero-order valence-corrected chi connectivity index (χ0v) is 15.2. The highest BCUT2D eigenvalue weighted by Gasteiger charge is 2.25. The molecule has 1 aliphatic heterocycles. The standard InChI is InChI=1S/C16H20BrN3O2S/c17-14-5-3-13(23-14)4-6-16(22)20-9-7-19(8-10-20)11-15(21)18-12-1-2-12/h3-6,12H,1-2,7-11H2,(H,18,21)/b6-4+. The molecule has 2 fully saturated rings. The van der Waals surface area contributed by atoms with E-state index in [1.807, 2.05) is 23.1 Å².